The van der Waals surface area contributed by atoms with Gasteiger partial charge in [-0.15, -0.1) is 11.3 Å². The summed E-state index contributed by atoms with van der Waals surface area (Å²) in [6, 6.07) is 0. The summed E-state index contributed by atoms with van der Waals surface area (Å²) in [5.74, 6) is 0. The molecule has 0 spiro atoms. The smallest absolute Gasteiger partial charge is 0.107 e. The van der Waals surface area contributed by atoms with Crippen LogP contribution in [0.15, 0.2) is 12.4 Å². The number of rotatable bonds is 4. The van der Waals surface area contributed by atoms with Crippen molar-refractivity contribution in [3.05, 3.63) is 33.5 Å². The molecule has 0 atom stereocenters. The second kappa shape index (κ2) is 6.03. The first kappa shape index (κ1) is 13.7. The fourth-order valence-corrected chi connectivity index (χ4v) is 3.71. The van der Waals surface area contributed by atoms with E-state index in [2.05, 4.69) is 39.1 Å². The molecule has 3 heterocycles. The Kier molecular flexibility index (Phi) is 4.14. The Morgan fingerprint density at radius 1 is 1.40 bits per heavy atom. The number of H-pyrrole nitrogens is 1. The summed E-state index contributed by atoms with van der Waals surface area (Å²) < 4.78 is 0. The molecule has 0 saturated heterocycles. The van der Waals surface area contributed by atoms with Gasteiger partial charge in [-0.1, -0.05) is 0 Å². The van der Waals surface area contributed by atoms with Gasteiger partial charge in [-0.05, 0) is 33.5 Å². The second-order valence-electron chi connectivity index (χ2n) is 5.65. The highest BCUT2D eigenvalue weighted by Gasteiger charge is 2.17. The zero-order valence-electron chi connectivity index (χ0n) is 12.1. The van der Waals surface area contributed by atoms with Gasteiger partial charge in [0.05, 0.1) is 12.7 Å². The number of hydrogen-bond acceptors (Lipinski definition) is 5. The average Bonchev–Trinajstić information content (AvgIpc) is 2.95. The van der Waals surface area contributed by atoms with Crippen molar-refractivity contribution >= 4 is 11.3 Å². The fraction of sp³-hybridized carbons (Fsp3) is 0.571. The number of aryl methyl sites for hydroxylation is 1. The van der Waals surface area contributed by atoms with Crippen LogP contribution in [0.25, 0.3) is 0 Å². The molecule has 0 saturated carbocycles. The minimum absolute atomic E-state index is 0.947. The van der Waals surface area contributed by atoms with E-state index < -0.39 is 0 Å². The van der Waals surface area contributed by atoms with Crippen molar-refractivity contribution in [2.45, 2.75) is 32.5 Å². The van der Waals surface area contributed by atoms with Gasteiger partial charge in [0.15, 0.2) is 0 Å². The van der Waals surface area contributed by atoms with Crippen LogP contribution in [0.3, 0.4) is 0 Å². The predicted molar refractivity (Wildman–Crippen MR) is 80.5 cm³/mol. The minimum atomic E-state index is 0.947. The van der Waals surface area contributed by atoms with Gasteiger partial charge in [-0.25, -0.2) is 4.98 Å². The van der Waals surface area contributed by atoms with Crippen LogP contribution in [-0.2, 0) is 26.1 Å². The highest BCUT2D eigenvalue weighted by Crippen LogP contribution is 2.21. The number of fused-ring (bicyclic) bond motifs is 1. The molecule has 0 radical (unpaired) electrons. The molecule has 0 amide bonds. The van der Waals surface area contributed by atoms with Crippen LogP contribution in [0.2, 0.25) is 0 Å². The van der Waals surface area contributed by atoms with Gasteiger partial charge in [0.1, 0.15) is 5.01 Å². The first-order valence-corrected chi connectivity index (χ1v) is 7.84. The van der Waals surface area contributed by atoms with Crippen molar-refractivity contribution in [3.63, 3.8) is 0 Å². The lowest BCUT2D eigenvalue weighted by Crippen LogP contribution is -2.22. The van der Waals surface area contributed by atoms with Gasteiger partial charge >= 0.3 is 0 Å². The van der Waals surface area contributed by atoms with Crippen LogP contribution in [-0.4, -0.2) is 45.6 Å². The lowest BCUT2D eigenvalue weighted by atomic mass is 10.2. The molecule has 2 aromatic heterocycles. The van der Waals surface area contributed by atoms with E-state index in [1.807, 2.05) is 23.7 Å². The van der Waals surface area contributed by atoms with Crippen LogP contribution >= 0.6 is 11.3 Å². The molecule has 0 bridgehead atoms. The molecule has 0 fully saturated rings. The van der Waals surface area contributed by atoms with Gasteiger partial charge < -0.3 is 4.90 Å². The molecule has 5 nitrogen and oxygen atoms in total. The number of aromatic nitrogens is 3. The van der Waals surface area contributed by atoms with E-state index in [4.69, 9.17) is 0 Å². The van der Waals surface area contributed by atoms with Crippen LogP contribution in [0, 0.1) is 0 Å². The third-order valence-corrected chi connectivity index (χ3v) is 4.50. The Morgan fingerprint density at radius 2 is 2.30 bits per heavy atom. The van der Waals surface area contributed by atoms with Gasteiger partial charge in [-0.2, -0.15) is 5.10 Å². The molecule has 6 heteroatoms. The number of nitrogens with zero attached hydrogens (tertiary/aromatic N) is 4. The molecule has 20 heavy (non-hydrogen) atoms. The van der Waals surface area contributed by atoms with E-state index in [1.54, 1.807) is 0 Å². The summed E-state index contributed by atoms with van der Waals surface area (Å²) in [5.41, 5.74) is 2.65. The van der Waals surface area contributed by atoms with E-state index in [9.17, 15) is 0 Å². The Bertz CT molecular complexity index is 559. The summed E-state index contributed by atoms with van der Waals surface area (Å²) in [6.07, 6.45) is 6.27. The summed E-state index contributed by atoms with van der Waals surface area (Å²) in [7, 11) is 4.18. The summed E-state index contributed by atoms with van der Waals surface area (Å²) in [5, 5.41) is 8.48. The van der Waals surface area contributed by atoms with E-state index in [1.165, 1.54) is 27.6 Å². The van der Waals surface area contributed by atoms with Crippen molar-refractivity contribution in [1.82, 2.24) is 25.0 Å². The molecule has 0 unspecified atom stereocenters. The maximum absolute atomic E-state index is 4.56. The van der Waals surface area contributed by atoms with Gasteiger partial charge in [0.2, 0.25) is 0 Å². The second-order valence-corrected chi connectivity index (χ2v) is 6.85. The molecule has 1 aliphatic heterocycles. The van der Waals surface area contributed by atoms with Gasteiger partial charge in [0, 0.05) is 35.4 Å². The van der Waals surface area contributed by atoms with Gasteiger partial charge in [-0.3, -0.25) is 10.00 Å². The van der Waals surface area contributed by atoms with Crippen molar-refractivity contribution in [3.8, 4) is 0 Å². The molecule has 108 valence electrons. The van der Waals surface area contributed by atoms with Crippen LogP contribution in [0.4, 0.5) is 0 Å². The predicted octanol–water partition coefficient (Wildman–Crippen LogP) is 1.88. The molecular weight excluding hydrogens is 270 g/mol. The monoisotopic (exact) mass is 291 g/mol. The maximum atomic E-state index is 4.56. The lowest BCUT2D eigenvalue weighted by Gasteiger charge is -2.18. The number of nitrogens with one attached hydrogen (secondary N) is 1. The van der Waals surface area contributed by atoms with Crippen molar-refractivity contribution in [2.75, 3.05) is 20.6 Å². The van der Waals surface area contributed by atoms with E-state index >= 15 is 0 Å². The van der Waals surface area contributed by atoms with E-state index in [0.29, 0.717) is 0 Å². The van der Waals surface area contributed by atoms with Crippen LogP contribution in [0.5, 0.6) is 0 Å². The maximum Gasteiger partial charge on any atom is 0.107 e. The Balaban J connectivity index is 1.64. The highest BCUT2D eigenvalue weighted by molar-refractivity contribution is 7.11. The Morgan fingerprint density at radius 3 is 3.15 bits per heavy atom. The topological polar surface area (TPSA) is 48.1 Å². The zero-order chi connectivity index (χ0) is 13.9. The third-order valence-electron chi connectivity index (χ3n) is 3.53. The number of thiazole rings is 1. The Labute approximate surface area is 123 Å². The molecule has 1 aliphatic rings. The standard InChI is InChI=1S/C14H21N5S/c1-18(2)9-12-7-15-14(20-12)10-19-5-3-4-13-11(8-19)6-16-17-13/h6-7H,3-5,8-10H2,1-2H3,(H,16,17). The minimum Gasteiger partial charge on any atom is -0.304 e. The van der Waals surface area contributed by atoms with Crippen molar-refractivity contribution in [1.29, 1.82) is 0 Å². The first-order valence-electron chi connectivity index (χ1n) is 7.02. The van der Waals surface area contributed by atoms with Crippen molar-refractivity contribution in [2.24, 2.45) is 0 Å². The quantitative estimate of drug-likeness (QED) is 0.934. The molecule has 0 aromatic carbocycles. The summed E-state index contributed by atoms with van der Waals surface area (Å²) in [6.45, 7) is 4.03. The summed E-state index contributed by atoms with van der Waals surface area (Å²) in [4.78, 5) is 10.6. The largest absolute Gasteiger partial charge is 0.304 e. The molecule has 1 N–H and O–H groups in total. The van der Waals surface area contributed by atoms with Crippen LogP contribution in [0.1, 0.15) is 27.6 Å². The SMILES string of the molecule is CN(C)Cc1cnc(CN2CCCc3[nH]ncc3C2)s1. The van der Waals surface area contributed by atoms with Crippen LogP contribution < -0.4 is 0 Å². The first-order chi connectivity index (χ1) is 9.70. The molecule has 3 rings (SSSR count). The lowest BCUT2D eigenvalue weighted by molar-refractivity contribution is 0.260. The molecule has 2 aromatic rings. The molecule has 0 aliphatic carbocycles. The average molecular weight is 291 g/mol. The normalized spacial score (nSPS) is 16.4. The van der Waals surface area contributed by atoms with Gasteiger partial charge in [0.25, 0.3) is 0 Å². The van der Waals surface area contributed by atoms with Crippen molar-refractivity contribution < 1.29 is 0 Å². The number of hydrogen-bond donors (Lipinski definition) is 1. The fourth-order valence-electron chi connectivity index (χ4n) is 2.62. The molecular formula is C14H21N5S. The summed E-state index contributed by atoms with van der Waals surface area (Å²) >= 11 is 1.83. The van der Waals surface area contributed by atoms with E-state index in [0.717, 1.165) is 32.6 Å². The number of aromatic amines is 1. The highest BCUT2D eigenvalue weighted by atomic mass is 32.1. The van der Waals surface area contributed by atoms with E-state index in [-0.39, 0.29) is 0 Å². The zero-order valence-corrected chi connectivity index (χ0v) is 12.9. The Hall–Kier alpha value is -1.24. The third kappa shape index (κ3) is 3.26.